The SMILES string of the molecule is C/C(=N\NC(=O)C(N)=O)C(C)C. The molecule has 68 valence electrons. The molecule has 2 amide bonds. The summed E-state index contributed by atoms with van der Waals surface area (Å²) in [4.78, 5) is 20.8. The molecule has 0 bridgehead atoms. The maximum atomic E-state index is 10.6. The van der Waals surface area contributed by atoms with Gasteiger partial charge in [0.05, 0.1) is 0 Å². The van der Waals surface area contributed by atoms with E-state index < -0.39 is 11.8 Å². The van der Waals surface area contributed by atoms with Crippen molar-refractivity contribution in [1.29, 1.82) is 0 Å². The minimum Gasteiger partial charge on any atom is -0.361 e. The van der Waals surface area contributed by atoms with Crippen molar-refractivity contribution in [2.75, 3.05) is 0 Å². The van der Waals surface area contributed by atoms with Crippen LogP contribution in [0.2, 0.25) is 0 Å². The summed E-state index contributed by atoms with van der Waals surface area (Å²) in [5.74, 6) is -1.69. The predicted molar refractivity (Wildman–Crippen MR) is 45.3 cm³/mol. The minimum atomic E-state index is -1.03. The molecule has 0 rings (SSSR count). The van der Waals surface area contributed by atoms with Crippen LogP contribution in [-0.4, -0.2) is 17.5 Å². The first-order valence-corrected chi connectivity index (χ1v) is 3.59. The van der Waals surface area contributed by atoms with Crippen LogP contribution in [0.1, 0.15) is 20.8 Å². The Morgan fingerprint density at radius 2 is 1.92 bits per heavy atom. The zero-order valence-corrected chi connectivity index (χ0v) is 7.42. The van der Waals surface area contributed by atoms with E-state index >= 15 is 0 Å². The van der Waals surface area contributed by atoms with Gasteiger partial charge in [-0.25, -0.2) is 5.43 Å². The first-order valence-electron chi connectivity index (χ1n) is 3.59. The van der Waals surface area contributed by atoms with E-state index in [0.717, 1.165) is 5.71 Å². The molecule has 0 aromatic rings. The highest BCUT2D eigenvalue weighted by Crippen LogP contribution is 1.93. The van der Waals surface area contributed by atoms with E-state index in [4.69, 9.17) is 0 Å². The maximum absolute atomic E-state index is 10.6. The van der Waals surface area contributed by atoms with Crippen molar-refractivity contribution in [3.8, 4) is 0 Å². The molecule has 3 N–H and O–H groups in total. The third kappa shape index (κ3) is 3.70. The van der Waals surface area contributed by atoms with Crippen LogP contribution in [0.3, 0.4) is 0 Å². The zero-order chi connectivity index (χ0) is 9.72. The Morgan fingerprint density at radius 3 is 2.25 bits per heavy atom. The molecule has 0 aromatic heterocycles. The molecule has 5 heteroatoms. The first kappa shape index (κ1) is 10.6. The van der Waals surface area contributed by atoms with Crippen LogP contribution < -0.4 is 11.2 Å². The molecule has 5 nitrogen and oxygen atoms in total. The number of carbonyl (C=O) groups excluding carboxylic acids is 2. The molecule has 0 atom stereocenters. The Balaban J connectivity index is 4.05. The number of primary amides is 1. The fourth-order valence-electron chi connectivity index (χ4n) is 0.323. The number of nitrogens with two attached hydrogens (primary N) is 1. The standard InChI is InChI=1S/C7H13N3O2/c1-4(2)5(3)9-10-7(12)6(8)11/h4H,1-3H3,(H2,8,11)(H,10,12)/b9-5+. The van der Waals surface area contributed by atoms with E-state index in [9.17, 15) is 9.59 Å². The first-order chi connectivity index (χ1) is 5.45. The Bertz CT molecular complexity index is 221. The van der Waals surface area contributed by atoms with Crippen LogP contribution in [0.15, 0.2) is 5.10 Å². The average molecular weight is 171 g/mol. The lowest BCUT2D eigenvalue weighted by Gasteiger charge is -2.02. The number of hydrogen-bond donors (Lipinski definition) is 2. The van der Waals surface area contributed by atoms with Crippen LogP contribution in [-0.2, 0) is 9.59 Å². The largest absolute Gasteiger partial charge is 0.361 e. The van der Waals surface area contributed by atoms with Crippen LogP contribution in [0, 0.1) is 5.92 Å². The Kier molecular flexibility index (Phi) is 3.96. The van der Waals surface area contributed by atoms with Crippen molar-refractivity contribution in [2.45, 2.75) is 20.8 Å². The van der Waals surface area contributed by atoms with Crippen LogP contribution in [0.5, 0.6) is 0 Å². The van der Waals surface area contributed by atoms with Gasteiger partial charge in [0.2, 0.25) is 0 Å². The van der Waals surface area contributed by atoms with Gasteiger partial charge in [0, 0.05) is 5.71 Å². The number of nitrogens with one attached hydrogen (secondary N) is 1. The molecule has 12 heavy (non-hydrogen) atoms. The van der Waals surface area contributed by atoms with Crippen LogP contribution in [0.25, 0.3) is 0 Å². The van der Waals surface area contributed by atoms with Crippen molar-refractivity contribution in [2.24, 2.45) is 16.8 Å². The fraction of sp³-hybridized carbons (Fsp3) is 0.571. The van der Waals surface area contributed by atoms with Crippen LogP contribution in [0.4, 0.5) is 0 Å². The summed E-state index contributed by atoms with van der Waals surface area (Å²) < 4.78 is 0. The number of amides is 2. The van der Waals surface area contributed by atoms with Crippen LogP contribution >= 0.6 is 0 Å². The molecule has 0 fully saturated rings. The zero-order valence-electron chi connectivity index (χ0n) is 7.42. The Hall–Kier alpha value is -1.39. The highest BCUT2D eigenvalue weighted by Gasteiger charge is 2.06. The van der Waals surface area contributed by atoms with Gasteiger partial charge in [-0.1, -0.05) is 13.8 Å². The minimum absolute atomic E-state index is 0.234. The van der Waals surface area contributed by atoms with Crippen molar-refractivity contribution in [3.63, 3.8) is 0 Å². The van der Waals surface area contributed by atoms with Gasteiger partial charge in [-0.2, -0.15) is 5.10 Å². The van der Waals surface area contributed by atoms with E-state index in [0.29, 0.717) is 0 Å². The second-order valence-corrected chi connectivity index (χ2v) is 2.71. The molecule has 0 spiro atoms. The molecular weight excluding hydrogens is 158 g/mol. The van der Waals surface area contributed by atoms with E-state index in [1.807, 2.05) is 19.3 Å². The fourth-order valence-corrected chi connectivity index (χ4v) is 0.323. The van der Waals surface area contributed by atoms with Gasteiger partial charge in [0.1, 0.15) is 0 Å². The molecule has 0 aromatic carbocycles. The van der Waals surface area contributed by atoms with Gasteiger partial charge in [0.15, 0.2) is 0 Å². The number of hydrogen-bond acceptors (Lipinski definition) is 3. The number of rotatable bonds is 2. The topological polar surface area (TPSA) is 84.6 Å². The third-order valence-electron chi connectivity index (χ3n) is 1.39. The van der Waals surface area contributed by atoms with Gasteiger partial charge < -0.3 is 5.73 Å². The Labute approximate surface area is 71.0 Å². The monoisotopic (exact) mass is 171 g/mol. The Morgan fingerprint density at radius 1 is 1.42 bits per heavy atom. The number of carbonyl (C=O) groups is 2. The smallest absolute Gasteiger partial charge is 0.329 e. The molecular formula is C7H13N3O2. The lowest BCUT2D eigenvalue weighted by atomic mass is 10.1. The van der Waals surface area contributed by atoms with Gasteiger partial charge in [-0.3, -0.25) is 9.59 Å². The summed E-state index contributed by atoms with van der Waals surface area (Å²) in [7, 11) is 0. The molecule has 0 radical (unpaired) electrons. The number of hydrazone groups is 1. The number of nitrogens with zero attached hydrogens (tertiary/aromatic N) is 1. The quantitative estimate of drug-likeness (QED) is 0.337. The highest BCUT2D eigenvalue weighted by molar-refractivity contribution is 6.34. The second kappa shape index (κ2) is 4.48. The summed E-state index contributed by atoms with van der Waals surface area (Å²) in [6.07, 6.45) is 0. The molecule has 0 saturated heterocycles. The summed E-state index contributed by atoms with van der Waals surface area (Å²) >= 11 is 0. The normalized spacial score (nSPS) is 11.5. The van der Waals surface area contributed by atoms with E-state index in [2.05, 4.69) is 10.8 Å². The van der Waals surface area contributed by atoms with Crippen molar-refractivity contribution in [1.82, 2.24) is 5.43 Å². The molecule has 0 aliphatic heterocycles. The summed E-state index contributed by atoms with van der Waals surface area (Å²) in [6.45, 7) is 5.61. The molecule has 0 heterocycles. The van der Waals surface area contributed by atoms with Gasteiger partial charge in [0.25, 0.3) is 0 Å². The van der Waals surface area contributed by atoms with Crippen molar-refractivity contribution in [3.05, 3.63) is 0 Å². The van der Waals surface area contributed by atoms with Gasteiger partial charge >= 0.3 is 11.8 Å². The summed E-state index contributed by atoms with van der Waals surface area (Å²) in [5.41, 5.74) is 7.46. The van der Waals surface area contributed by atoms with E-state index in [1.165, 1.54) is 0 Å². The molecule has 0 aliphatic rings. The highest BCUT2D eigenvalue weighted by atomic mass is 16.2. The third-order valence-corrected chi connectivity index (χ3v) is 1.39. The van der Waals surface area contributed by atoms with Crippen molar-refractivity contribution < 1.29 is 9.59 Å². The molecule has 0 aliphatic carbocycles. The van der Waals surface area contributed by atoms with Gasteiger partial charge in [-0.15, -0.1) is 0 Å². The van der Waals surface area contributed by atoms with Crippen molar-refractivity contribution >= 4 is 17.5 Å². The van der Waals surface area contributed by atoms with Gasteiger partial charge in [-0.05, 0) is 12.8 Å². The summed E-state index contributed by atoms with van der Waals surface area (Å²) in [5, 5.41) is 3.66. The van der Waals surface area contributed by atoms with E-state index in [1.54, 1.807) is 6.92 Å². The molecule has 0 saturated carbocycles. The maximum Gasteiger partial charge on any atom is 0.329 e. The van der Waals surface area contributed by atoms with E-state index in [-0.39, 0.29) is 5.92 Å². The second-order valence-electron chi connectivity index (χ2n) is 2.71. The summed E-state index contributed by atoms with van der Waals surface area (Å²) in [6, 6.07) is 0. The lowest BCUT2D eigenvalue weighted by Crippen LogP contribution is -2.33. The predicted octanol–water partition coefficient (Wildman–Crippen LogP) is -0.380. The average Bonchev–Trinajstić information content (AvgIpc) is 1.98. The lowest BCUT2D eigenvalue weighted by molar-refractivity contribution is -0.137. The molecule has 0 unspecified atom stereocenters.